The Morgan fingerprint density at radius 1 is 0.486 bits per heavy atom. The minimum Gasteiger partial charge on any atom is -0.392 e. The molecule has 0 saturated heterocycles. The van der Waals surface area contributed by atoms with Crippen LogP contribution in [0.2, 0.25) is 0 Å². The summed E-state index contributed by atoms with van der Waals surface area (Å²) in [5, 5.41) is 50.6. The zero-order chi connectivity index (χ0) is 75.5. The SMILES string of the molecule is Cc1n[nH]c(C)c1CNc1nccc(-c2c(-c3ccc(F)cc3)nc3cc(CO)ccn23)n1.Cn1c(CNc2nccc(-c3c(-c4ccc(F)cc4)nc4cc(CO)ccn34)n2)nc2cc(C(F)(F)F)ccc21.OCc1ccn2c(-c3ccnc(NCc4csc(-c5cccs5)n4)n3)c(-c3ccc(F)cc3)nc2c1. The number of benzene rings is 4. The second-order valence-electron chi connectivity index (χ2n) is 24.9. The molecule has 23 nitrogen and oxygen atoms in total. The molecule has 0 aliphatic carbocycles. The molecule has 0 aliphatic heterocycles. The highest BCUT2D eigenvalue weighted by atomic mass is 32.1. The lowest BCUT2D eigenvalue weighted by Crippen LogP contribution is -2.08. The first kappa shape index (κ1) is 71.7. The zero-order valence-corrected chi connectivity index (χ0v) is 59.6. The van der Waals surface area contributed by atoms with Crippen molar-refractivity contribution in [1.29, 1.82) is 0 Å². The third-order valence-electron chi connectivity index (χ3n) is 17.8. The molecule has 13 aromatic heterocycles. The Morgan fingerprint density at radius 2 is 0.936 bits per heavy atom. The lowest BCUT2D eigenvalue weighted by atomic mass is 10.1. The first-order chi connectivity index (χ1) is 52.9. The Kier molecular flexibility index (Phi) is 20.3. The van der Waals surface area contributed by atoms with Crippen LogP contribution in [0.4, 0.5) is 44.2 Å². The number of halogens is 6. The van der Waals surface area contributed by atoms with Gasteiger partial charge < -0.3 is 35.8 Å². The average molecular weight is 1510 g/mol. The Hall–Kier alpha value is -12.9. The minimum absolute atomic E-state index is 0.0843. The number of hydrogen-bond donors (Lipinski definition) is 7. The fraction of sp³-hybridized carbons (Fsp3) is 0.128. The molecule has 7 N–H and O–H groups in total. The average Bonchev–Trinajstić information content (AvgIpc) is 1.63. The molecule has 0 aliphatic rings. The van der Waals surface area contributed by atoms with Crippen molar-refractivity contribution >= 4 is 68.5 Å². The number of nitrogens with zero attached hydrogens (tertiary/aromatic N) is 16. The highest BCUT2D eigenvalue weighted by Crippen LogP contribution is 2.38. The fourth-order valence-electron chi connectivity index (χ4n) is 12.3. The van der Waals surface area contributed by atoms with Crippen molar-refractivity contribution in [2.75, 3.05) is 16.0 Å². The van der Waals surface area contributed by atoms with Gasteiger partial charge in [0.1, 0.15) is 45.2 Å². The molecular weight excluding hydrogens is 1440 g/mol. The van der Waals surface area contributed by atoms with E-state index in [9.17, 15) is 41.7 Å². The van der Waals surface area contributed by atoms with E-state index >= 15 is 0 Å². The number of thiazole rings is 1. The topological polar surface area (TPSA) is 285 Å². The Bertz CT molecular complexity index is 6100. The number of fused-ring (bicyclic) bond motifs is 4. The molecule has 0 atom stereocenters. The Morgan fingerprint density at radius 3 is 1.35 bits per heavy atom. The maximum absolute atomic E-state index is 13.6. The van der Waals surface area contributed by atoms with E-state index in [0.29, 0.717) is 104 Å². The van der Waals surface area contributed by atoms with E-state index in [1.807, 2.05) is 92.7 Å². The third kappa shape index (κ3) is 15.4. The number of hydrogen-bond acceptors (Lipinski definition) is 20. The van der Waals surface area contributed by atoms with Gasteiger partial charge in [0.05, 0.1) is 117 Å². The molecule has 17 aromatic rings. The van der Waals surface area contributed by atoms with Crippen LogP contribution in [0, 0.1) is 31.3 Å². The van der Waals surface area contributed by atoms with Gasteiger partial charge in [0.15, 0.2) is 0 Å². The molecule has 0 bridgehead atoms. The van der Waals surface area contributed by atoms with Gasteiger partial charge in [-0.1, -0.05) is 6.07 Å². The second-order valence-corrected chi connectivity index (χ2v) is 26.7. The molecule has 0 saturated carbocycles. The molecule has 0 spiro atoms. The number of aliphatic hydroxyl groups is 3. The van der Waals surface area contributed by atoms with Crippen molar-refractivity contribution in [3.05, 3.63) is 274 Å². The number of aromatic nitrogens is 17. The summed E-state index contributed by atoms with van der Waals surface area (Å²) in [4.78, 5) is 51.7. The number of alkyl halides is 3. The monoisotopic (exact) mass is 1500 g/mol. The van der Waals surface area contributed by atoms with Crippen LogP contribution in [-0.2, 0) is 52.7 Å². The van der Waals surface area contributed by atoms with Gasteiger partial charge in [-0.25, -0.2) is 68.0 Å². The number of aryl methyl sites for hydroxylation is 3. The molecule has 546 valence electrons. The predicted molar refractivity (Wildman–Crippen MR) is 404 cm³/mol. The summed E-state index contributed by atoms with van der Waals surface area (Å²) in [5.41, 5.74) is 16.1. The number of H-pyrrole nitrogens is 1. The molecule has 31 heteroatoms. The van der Waals surface area contributed by atoms with Gasteiger partial charge in [0.25, 0.3) is 0 Å². The fourth-order valence-corrected chi connectivity index (χ4v) is 13.9. The number of rotatable bonds is 19. The number of nitrogens with one attached hydrogen (secondary N) is 4. The Labute approximate surface area is 623 Å². The normalized spacial score (nSPS) is 11.5. The summed E-state index contributed by atoms with van der Waals surface area (Å²) in [6, 6.07) is 42.1. The number of aromatic amines is 1. The van der Waals surface area contributed by atoms with Gasteiger partial charge in [0.2, 0.25) is 17.8 Å². The first-order valence-electron chi connectivity index (χ1n) is 33.8. The summed E-state index contributed by atoms with van der Waals surface area (Å²) in [6.07, 6.45) is 5.98. The lowest BCUT2D eigenvalue weighted by molar-refractivity contribution is -0.137. The molecule has 4 aromatic carbocycles. The van der Waals surface area contributed by atoms with Crippen LogP contribution >= 0.6 is 22.7 Å². The van der Waals surface area contributed by atoms with Crippen molar-refractivity contribution in [3.63, 3.8) is 0 Å². The standard InChI is InChI=1S/C28H21F4N7O.C26H19FN6OS2.C24H22FN7O/c1-38-22-7-4-18(28(30,31)32)13-21(22)35-24(38)14-34-27-33-10-8-20(36-27)26-25(17-2-5-19(29)6-3-17)37-23-12-16(15-40)9-11-39(23)26;27-18-5-3-17(4-6-18)23-24(33-10-8-16(14-34)12-22(33)32-23)20-7-9-28-26(31-20)29-13-19-15-36-25(30-19)21-2-1-11-35-21;1-14-19(15(2)31-30-14)12-27-24-26-9-7-20(28-24)23-22(17-3-5-18(25)6-4-17)29-21-11-16(13-33)8-10-32(21)23/h2-13,40H,14-15H2,1H3,(H,33,34,36);1-12,15,34H,13-14H2,(H,28,29,31);3-11,33H,12-13H2,1-2H3,(H,30,31)(H,26,27,28). The summed E-state index contributed by atoms with van der Waals surface area (Å²) in [6.45, 7) is 4.79. The van der Waals surface area contributed by atoms with Crippen molar-refractivity contribution in [2.45, 2.75) is 59.5 Å². The van der Waals surface area contributed by atoms with E-state index in [2.05, 4.69) is 57.1 Å². The van der Waals surface area contributed by atoms with Crippen LogP contribution in [0.25, 0.3) is 106 Å². The third-order valence-corrected chi connectivity index (χ3v) is 19.7. The van der Waals surface area contributed by atoms with Crippen molar-refractivity contribution in [3.8, 4) is 77.8 Å². The summed E-state index contributed by atoms with van der Waals surface area (Å²) < 4.78 is 87.6. The van der Waals surface area contributed by atoms with E-state index in [-0.39, 0.29) is 55.3 Å². The maximum atomic E-state index is 13.6. The minimum atomic E-state index is -4.46. The smallest absolute Gasteiger partial charge is 0.392 e. The summed E-state index contributed by atoms with van der Waals surface area (Å²) in [7, 11) is 1.73. The van der Waals surface area contributed by atoms with Crippen molar-refractivity contribution in [2.24, 2.45) is 7.05 Å². The van der Waals surface area contributed by atoms with Gasteiger partial charge in [-0.15, -0.1) is 22.7 Å². The van der Waals surface area contributed by atoms with Gasteiger partial charge in [-0.3, -0.25) is 18.3 Å². The van der Waals surface area contributed by atoms with Crippen LogP contribution in [0.15, 0.2) is 206 Å². The zero-order valence-electron chi connectivity index (χ0n) is 58.0. The molecule has 0 fully saturated rings. The van der Waals surface area contributed by atoms with Crippen LogP contribution in [0.1, 0.15) is 50.7 Å². The molecule has 0 unspecified atom stereocenters. The highest BCUT2D eigenvalue weighted by Gasteiger charge is 2.31. The van der Waals surface area contributed by atoms with Crippen LogP contribution in [-0.4, -0.2) is 98.1 Å². The maximum Gasteiger partial charge on any atom is 0.416 e. The van der Waals surface area contributed by atoms with Gasteiger partial charge in [0, 0.05) is 84.1 Å². The number of pyridine rings is 3. The van der Waals surface area contributed by atoms with Crippen LogP contribution < -0.4 is 16.0 Å². The van der Waals surface area contributed by atoms with E-state index in [4.69, 9.17) is 29.9 Å². The van der Waals surface area contributed by atoms with E-state index in [1.54, 1.807) is 114 Å². The predicted octanol–water partition coefficient (Wildman–Crippen LogP) is 15.5. The van der Waals surface area contributed by atoms with Crippen molar-refractivity contribution in [1.82, 2.24) is 82.8 Å². The number of anilines is 3. The summed E-state index contributed by atoms with van der Waals surface area (Å²) in [5.74, 6) is 0.704. The first-order valence-corrected chi connectivity index (χ1v) is 35.5. The largest absolute Gasteiger partial charge is 0.416 e. The molecular formula is C78H62F6N20O3S2. The lowest BCUT2D eigenvalue weighted by Gasteiger charge is -2.09. The van der Waals surface area contributed by atoms with E-state index in [1.165, 1.54) is 42.5 Å². The van der Waals surface area contributed by atoms with E-state index in [0.717, 1.165) is 78.3 Å². The molecule has 109 heavy (non-hydrogen) atoms. The molecule has 0 radical (unpaired) electrons. The number of imidazole rings is 4. The number of thiophene rings is 1. The Balaban J connectivity index is 0.000000131. The second kappa shape index (κ2) is 30.9. The van der Waals surface area contributed by atoms with E-state index < -0.39 is 11.7 Å². The van der Waals surface area contributed by atoms with Gasteiger partial charge in [-0.2, -0.15) is 18.3 Å². The van der Waals surface area contributed by atoms with Gasteiger partial charge >= 0.3 is 6.18 Å². The molecule has 13 heterocycles. The van der Waals surface area contributed by atoms with Gasteiger partial charge in [-0.05, 0) is 188 Å². The molecule has 17 rings (SSSR count). The number of aliphatic hydroxyl groups excluding tert-OH is 3. The van der Waals surface area contributed by atoms with Crippen molar-refractivity contribution < 1.29 is 41.7 Å². The van der Waals surface area contributed by atoms with Crippen LogP contribution in [0.3, 0.4) is 0 Å². The molecule has 0 amide bonds. The van der Waals surface area contributed by atoms with Crippen LogP contribution in [0.5, 0.6) is 0 Å². The highest BCUT2D eigenvalue weighted by molar-refractivity contribution is 7.20. The summed E-state index contributed by atoms with van der Waals surface area (Å²) >= 11 is 3.28. The quantitative estimate of drug-likeness (QED) is 0.0370.